The van der Waals surface area contributed by atoms with Crippen LogP contribution in [0.2, 0.25) is 0 Å². The van der Waals surface area contributed by atoms with Crippen molar-refractivity contribution in [2.45, 2.75) is 0 Å². The van der Waals surface area contributed by atoms with Gasteiger partial charge in [0, 0.05) is 21.7 Å². The SMILES string of the molecule is O=c1nc2sc(=Cc3ccc(-c4ccc(Br)cc4)o3)c(=O)n2nc1-c1ccccc1. The summed E-state index contributed by atoms with van der Waals surface area (Å²) in [6.45, 7) is 0. The summed E-state index contributed by atoms with van der Waals surface area (Å²) in [5.74, 6) is 1.22. The van der Waals surface area contributed by atoms with E-state index in [1.807, 2.05) is 36.4 Å². The second-order valence-electron chi connectivity index (χ2n) is 6.45. The van der Waals surface area contributed by atoms with Gasteiger partial charge in [0.05, 0.1) is 0 Å². The summed E-state index contributed by atoms with van der Waals surface area (Å²) in [6.07, 6.45) is 1.64. The van der Waals surface area contributed by atoms with Crippen LogP contribution in [0.25, 0.3) is 33.6 Å². The maximum atomic E-state index is 12.8. The molecular formula is C22H12BrN3O3S. The number of thiazole rings is 1. The summed E-state index contributed by atoms with van der Waals surface area (Å²) in [7, 11) is 0. The van der Waals surface area contributed by atoms with E-state index in [1.54, 1.807) is 36.4 Å². The number of halogens is 1. The molecule has 0 saturated carbocycles. The molecule has 0 N–H and O–H groups in total. The first-order valence-electron chi connectivity index (χ1n) is 8.95. The van der Waals surface area contributed by atoms with Gasteiger partial charge in [0.15, 0.2) is 5.69 Å². The Bertz CT molecular complexity index is 1540. The molecule has 0 aliphatic carbocycles. The lowest BCUT2D eigenvalue weighted by molar-refractivity contribution is 0.571. The van der Waals surface area contributed by atoms with Crippen LogP contribution in [0, 0.1) is 0 Å². The van der Waals surface area contributed by atoms with E-state index in [9.17, 15) is 9.59 Å². The van der Waals surface area contributed by atoms with Crippen LogP contribution in [0.15, 0.2) is 85.2 Å². The van der Waals surface area contributed by atoms with E-state index in [-0.39, 0.29) is 16.2 Å². The molecular weight excluding hydrogens is 466 g/mol. The highest BCUT2D eigenvalue weighted by Crippen LogP contribution is 2.24. The van der Waals surface area contributed by atoms with Crippen molar-refractivity contribution in [3.05, 3.63) is 102 Å². The Morgan fingerprint density at radius 1 is 0.933 bits per heavy atom. The van der Waals surface area contributed by atoms with Crippen molar-refractivity contribution in [1.82, 2.24) is 14.6 Å². The fraction of sp³-hybridized carbons (Fsp3) is 0. The predicted molar refractivity (Wildman–Crippen MR) is 119 cm³/mol. The molecule has 0 radical (unpaired) electrons. The number of benzene rings is 2. The van der Waals surface area contributed by atoms with E-state index in [1.165, 1.54) is 4.52 Å². The average Bonchev–Trinajstić information content (AvgIpc) is 3.34. The lowest BCUT2D eigenvalue weighted by Crippen LogP contribution is -2.26. The number of rotatable bonds is 3. The molecule has 0 aliphatic heterocycles. The third-order valence-corrected chi connectivity index (χ3v) is 5.95. The van der Waals surface area contributed by atoms with Gasteiger partial charge in [-0.05, 0) is 24.3 Å². The number of nitrogens with zero attached hydrogens (tertiary/aromatic N) is 3. The van der Waals surface area contributed by atoms with Crippen LogP contribution in [0.1, 0.15) is 5.76 Å². The topological polar surface area (TPSA) is 77.5 Å². The summed E-state index contributed by atoms with van der Waals surface area (Å²) < 4.78 is 8.40. The second-order valence-corrected chi connectivity index (χ2v) is 8.38. The van der Waals surface area contributed by atoms with Gasteiger partial charge >= 0.3 is 5.56 Å². The number of aromatic nitrogens is 3. The maximum absolute atomic E-state index is 12.8. The molecule has 0 atom stereocenters. The van der Waals surface area contributed by atoms with Crippen molar-refractivity contribution in [2.24, 2.45) is 0 Å². The van der Waals surface area contributed by atoms with Gasteiger partial charge in [0.2, 0.25) is 4.96 Å². The van der Waals surface area contributed by atoms with Crippen molar-refractivity contribution in [3.8, 4) is 22.6 Å². The van der Waals surface area contributed by atoms with Crippen molar-refractivity contribution in [3.63, 3.8) is 0 Å². The fourth-order valence-corrected chi connectivity index (χ4v) is 4.16. The average molecular weight is 478 g/mol. The van der Waals surface area contributed by atoms with E-state index < -0.39 is 5.56 Å². The number of furan rings is 1. The Morgan fingerprint density at radius 2 is 1.70 bits per heavy atom. The van der Waals surface area contributed by atoms with E-state index in [0.717, 1.165) is 21.4 Å². The Morgan fingerprint density at radius 3 is 2.47 bits per heavy atom. The molecule has 0 aliphatic rings. The molecule has 30 heavy (non-hydrogen) atoms. The monoisotopic (exact) mass is 477 g/mol. The van der Waals surface area contributed by atoms with Crippen molar-refractivity contribution in [1.29, 1.82) is 0 Å². The molecule has 2 aromatic carbocycles. The summed E-state index contributed by atoms with van der Waals surface area (Å²) in [5.41, 5.74) is 0.874. The quantitative estimate of drug-likeness (QED) is 0.395. The first-order chi connectivity index (χ1) is 14.6. The molecule has 0 unspecified atom stereocenters. The zero-order valence-corrected chi connectivity index (χ0v) is 17.7. The van der Waals surface area contributed by atoms with Gasteiger partial charge in [-0.15, -0.1) is 0 Å². The van der Waals surface area contributed by atoms with Crippen LogP contribution in [0.4, 0.5) is 0 Å². The third kappa shape index (κ3) is 3.40. The lowest BCUT2D eigenvalue weighted by atomic mass is 10.2. The normalized spacial score (nSPS) is 12.0. The first-order valence-corrected chi connectivity index (χ1v) is 10.6. The largest absolute Gasteiger partial charge is 0.457 e. The van der Waals surface area contributed by atoms with Crippen LogP contribution >= 0.6 is 27.3 Å². The highest BCUT2D eigenvalue weighted by atomic mass is 79.9. The van der Waals surface area contributed by atoms with Crippen LogP contribution in [0.3, 0.4) is 0 Å². The zero-order valence-electron chi connectivity index (χ0n) is 15.3. The number of fused-ring (bicyclic) bond motifs is 1. The van der Waals surface area contributed by atoms with Crippen molar-refractivity contribution >= 4 is 38.3 Å². The fourth-order valence-electron chi connectivity index (χ4n) is 3.01. The van der Waals surface area contributed by atoms with Crippen molar-refractivity contribution < 1.29 is 4.42 Å². The molecule has 0 bridgehead atoms. The lowest BCUT2D eigenvalue weighted by Gasteiger charge is -1.98. The van der Waals surface area contributed by atoms with Gasteiger partial charge in [-0.3, -0.25) is 9.59 Å². The van der Waals surface area contributed by atoms with Gasteiger partial charge < -0.3 is 4.42 Å². The highest BCUT2D eigenvalue weighted by molar-refractivity contribution is 9.10. The Balaban J connectivity index is 1.59. The minimum absolute atomic E-state index is 0.144. The summed E-state index contributed by atoms with van der Waals surface area (Å²) >= 11 is 4.51. The molecule has 5 rings (SSSR count). The van der Waals surface area contributed by atoms with Crippen LogP contribution in [0.5, 0.6) is 0 Å². The van der Waals surface area contributed by atoms with Gasteiger partial charge in [0.1, 0.15) is 16.1 Å². The van der Waals surface area contributed by atoms with E-state index in [4.69, 9.17) is 4.42 Å². The van der Waals surface area contributed by atoms with Gasteiger partial charge in [-0.2, -0.15) is 14.6 Å². The second kappa shape index (κ2) is 7.47. The molecule has 0 saturated heterocycles. The molecule has 8 heteroatoms. The summed E-state index contributed by atoms with van der Waals surface area (Å²) in [6, 6.07) is 20.3. The van der Waals surface area contributed by atoms with Crippen molar-refractivity contribution in [2.75, 3.05) is 0 Å². The van der Waals surface area contributed by atoms with Gasteiger partial charge in [-0.1, -0.05) is 69.7 Å². The highest BCUT2D eigenvalue weighted by Gasteiger charge is 2.13. The maximum Gasteiger partial charge on any atom is 0.300 e. The van der Waals surface area contributed by atoms with E-state index >= 15 is 0 Å². The Kier molecular flexibility index (Phi) is 4.65. The molecule has 3 aromatic heterocycles. The Hall–Kier alpha value is -3.36. The van der Waals surface area contributed by atoms with E-state index in [0.29, 0.717) is 21.6 Å². The van der Waals surface area contributed by atoms with Gasteiger partial charge in [0.25, 0.3) is 5.56 Å². The predicted octanol–water partition coefficient (Wildman–Crippen LogP) is 3.75. The van der Waals surface area contributed by atoms with Crippen LogP contribution in [-0.4, -0.2) is 14.6 Å². The molecule has 6 nitrogen and oxygen atoms in total. The molecule has 5 aromatic rings. The number of hydrogen-bond acceptors (Lipinski definition) is 6. The molecule has 0 spiro atoms. The molecule has 0 fully saturated rings. The summed E-state index contributed by atoms with van der Waals surface area (Å²) in [5, 5.41) is 4.25. The van der Waals surface area contributed by atoms with Gasteiger partial charge in [-0.25, -0.2) is 0 Å². The Labute approximate surface area is 181 Å². The van der Waals surface area contributed by atoms with Crippen LogP contribution < -0.4 is 15.7 Å². The molecule has 146 valence electrons. The molecule has 3 heterocycles. The first kappa shape index (κ1) is 18.7. The standard InChI is InChI=1S/C22H12BrN3O3S/c23-15-8-6-13(7-9-15)17-11-10-16(29-17)12-18-21(28)26-22(30-18)24-20(27)19(25-26)14-4-2-1-3-5-14/h1-12H. The minimum atomic E-state index is -0.468. The minimum Gasteiger partial charge on any atom is -0.457 e. The van der Waals surface area contributed by atoms with Crippen LogP contribution in [-0.2, 0) is 0 Å². The number of hydrogen-bond donors (Lipinski definition) is 0. The zero-order chi connectivity index (χ0) is 20.7. The molecule has 0 amide bonds. The summed E-state index contributed by atoms with van der Waals surface area (Å²) in [4.78, 5) is 29.5. The third-order valence-electron chi connectivity index (χ3n) is 4.46. The smallest absolute Gasteiger partial charge is 0.300 e. The van der Waals surface area contributed by atoms with E-state index in [2.05, 4.69) is 26.0 Å².